The number of aliphatic hydroxyl groups excluding tert-OH is 1. The van der Waals surface area contributed by atoms with Crippen LogP contribution in [-0.2, 0) is 20.0 Å². The maximum atomic E-state index is 12.0. The lowest BCUT2D eigenvalue weighted by Crippen LogP contribution is -2.28. The van der Waals surface area contributed by atoms with Crippen LogP contribution in [0.1, 0.15) is 0 Å². The van der Waals surface area contributed by atoms with E-state index in [9.17, 15) is 16.8 Å². The van der Waals surface area contributed by atoms with Crippen molar-refractivity contribution in [2.24, 2.45) is 0 Å². The number of aliphatic hydroxyl groups is 1. The fourth-order valence-corrected chi connectivity index (χ4v) is 3.07. The van der Waals surface area contributed by atoms with E-state index in [4.69, 9.17) is 9.84 Å². The molecule has 0 radical (unpaired) electrons. The number of rotatable bonds is 7. The number of nitrogens with one attached hydrogen (secondary N) is 1. The van der Waals surface area contributed by atoms with Crippen molar-refractivity contribution in [1.82, 2.24) is 4.72 Å². The molecule has 8 nitrogen and oxygen atoms in total. The molecule has 0 spiro atoms. The van der Waals surface area contributed by atoms with Crippen molar-refractivity contribution in [1.29, 1.82) is 0 Å². The Kier molecular flexibility index (Phi) is 5.56. The molecular weight excluding hydrogens is 320 g/mol. The molecule has 0 fully saturated rings. The Bertz CT molecular complexity index is 699. The summed E-state index contributed by atoms with van der Waals surface area (Å²) in [4.78, 5) is -0.123. The largest absolute Gasteiger partial charge is 0.495 e. The summed E-state index contributed by atoms with van der Waals surface area (Å²) in [5.41, 5.74) is 0.104. The molecule has 0 unspecified atom stereocenters. The van der Waals surface area contributed by atoms with Crippen molar-refractivity contribution < 1.29 is 26.7 Å². The highest BCUT2D eigenvalue weighted by molar-refractivity contribution is 7.92. The number of sulfonamides is 2. The zero-order valence-corrected chi connectivity index (χ0v) is 13.5. The molecule has 0 saturated heterocycles. The van der Waals surface area contributed by atoms with Crippen LogP contribution in [0.15, 0.2) is 23.1 Å². The molecule has 0 bridgehead atoms. The molecule has 0 aliphatic heterocycles. The second-order valence-electron chi connectivity index (χ2n) is 4.19. The van der Waals surface area contributed by atoms with Gasteiger partial charge < -0.3 is 9.84 Å². The van der Waals surface area contributed by atoms with E-state index < -0.39 is 20.0 Å². The SMILES string of the molecule is COc1ccc(S(=O)(=O)NCCO)cc1N(C)S(C)(=O)=O. The minimum absolute atomic E-state index is 0.104. The van der Waals surface area contributed by atoms with Gasteiger partial charge in [-0.1, -0.05) is 0 Å². The molecule has 10 heteroatoms. The molecule has 0 atom stereocenters. The van der Waals surface area contributed by atoms with Gasteiger partial charge in [-0.2, -0.15) is 0 Å². The van der Waals surface area contributed by atoms with Crippen molar-refractivity contribution in [3.63, 3.8) is 0 Å². The van der Waals surface area contributed by atoms with Crippen LogP contribution >= 0.6 is 0 Å². The fourth-order valence-electron chi connectivity index (χ4n) is 1.53. The number of anilines is 1. The van der Waals surface area contributed by atoms with Crippen LogP contribution in [0.4, 0.5) is 5.69 Å². The standard InChI is InChI=1S/C11H18N2O6S2/c1-13(20(3,15)16)10-8-9(4-5-11(10)19-2)21(17,18)12-6-7-14/h4-5,8,12,14H,6-7H2,1-3H3. The number of hydrogen-bond donors (Lipinski definition) is 2. The Morgan fingerprint density at radius 3 is 2.38 bits per heavy atom. The van der Waals surface area contributed by atoms with Gasteiger partial charge >= 0.3 is 0 Å². The first-order valence-corrected chi connectivity index (χ1v) is 9.19. The summed E-state index contributed by atoms with van der Waals surface area (Å²) < 4.78 is 55.3. The van der Waals surface area contributed by atoms with E-state index in [1.807, 2.05) is 0 Å². The van der Waals surface area contributed by atoms with Crippen LogP contribution in [0.5, 0.6) is 5.75 Å². The van der Waals surface area contributed by atoms with Crippen molar-refractivity contribution in [2.75, 3.05) is 37.9 Å². The first-order valence-electron chi connectivity index (χ1n) is 5.86. The predicted octanol–water partition coefficient (Wildman–Crippen LogP) is -0.638. The van der Waals surface area contributed by atoms with E-state index >= 15 is 0 Å². The van der Waals surface area contributed by atoms with Crippen LogP contribution in [0.25, 0.3) is 0 Å². The summed E-state index contributed by atoms with van der Waals surface area (Å²) in [5, 5.41) is 8.67. The minimum Gasteiger partial charge on any atom is -0.495 e. The molecule has 0 heterocycles. The smallest absolute Gasteiger partial charge is 0.240 e. The Morgan fingerprint density at radius 2 is 1.90 bits per heavy atom. The fraction of sp³-hybridized carbons (Fsp3) is 0.455. The molecule has 2 N–H and O–H groups in total. The Hall–Kier alpha value is -1.36. The lowest BCUT2D eigenvalue weighted by Gasteiger charge is -2.20. The summed E-state index contributed by atoms with van der Waals surface area (Å²) >= 11 is 0. The highest BCUT2D eigenvalue weighted by atomic mass is 32.2. The predicted molar refractivity (Wildman–Crippen MR) is 78.5 cm³/mol. The molecule has 1 aromatic rings. The lowest BCUT2D eigenvalue weighted by atomic mass is 10.3. The quantitative estimate of drug-likeness (QED) is 0.684. The Morgan fingerprint density at radius 1 is 1.29 bits per heavy atom. The van der Waals surface area contributed by atoms with E-state index in [0.29, 0.717) is 0 Å². The Balaban J connectivity index is 3.36. The summed E-state index contributed by atoms with van der Waals surface area (Å²) in [6.07, 6.45) is 0.998. The molecule has 0 aliphatic carbocycles. The number of nitrogens with zero attached hydrogens (tertiary/aromatic N) is 1. The van der Waals surface area contributed by atoms with Gasteiger partial charge in [0.15, 0.2) is 0 Å². The third-order valence-electron chi connectivity index (χ3n) is 2.70. The van der Waals surface area contributed by atoms with E-state index in [1.54, 1.807) is 0 Å². The van der Waals surface area contributed by atoms with Gasteiger partial charge in [0.25, 0.3) is 0 Å². The Labute approximate surface area is 124 Å². The van der Waals surface area contributed by atoms with Crippen molar-refractivity contribution in [3.8, 4) is 5.75 Å². The molecule has 0 aromatic heterocycles. The van der Waals surface area contributed by atoms with Gasteiger partial charge in [-0.15, -0.1) is 0 Å². The average molecular weight is 338 g/mol. The lowest BCUT2D eigenvalue weighted by molar-refractivity contribution is 0.301. The zero-order chi connectivity index (χ0) is 16.3. The first-order chi connectivity index (χ1) is 9.63. The molecule has 1 aromatic carbocycles. The van der Waals surface area contributed by atoms with Gasteiger partial charge in [0.2, 0.25) is 20.0 Å². The molecule has 0 amide bonds. The number of methoxy groups -OCH3 is 1. The molecular formula is C11H18N2O6S2. The van der Waals surface area contributed by atoms with Gasteiger partial charge in [0, 0.05) is 13.6 Å². The van der Waals surface area contributed by atoms with E-state index in [-0.39, 0.29) is 29.5 Å². The van der Waals surface area contributed by atoms with Gasteiger partial charge in [0.1, 0.15) is 5.75 Å². The van der Waals surface area contributed by atoms with Crippen LogP contribution in [0, 0.1) is 0 Å². The van der Waals surface area contributed by atoms with Crippen molar-refractivity contribution in [3.05, 3.63) is 18.2 Å². The van der Waals surface area contributed by atoms with Gasteiger partial charge in [0.05, 0.1) is 30.6 Å². The van der Waals surface area contributed by atoms with E-state index in [2.05, 4.69) is 4.72 Å². The zero-order valence-electron chi connectivity index (χ0n) is 11.9. The average Bonchev–Trinajstić information content (AvgIpc) is 2.42. The van der Waals surface area contributed by atoms with Gasteiger partial charge in [-0.05, 0) is 18.2 Å². The monoisotopic (exact) mass is 338 g/mol. The van der Waals surface area contributed by atoms with Crippen molar-refractivity contribution in [2.45, 2.75) is 4.90 Å². The molecule has 0 aliphatic rings. The molecule has 1 rings (SSSR count). The van der Waals surface area contributed by atoms with Crippen LogP contribution in [0.3, 0.4) is 0 Å². The number of benzene rings is 1. The topological polar surface area (TPSA) is 113 Å². The molecule has 21 heavy (non-hydrogen) atoms. The van der Waals surface area contributed by atoms with Crippen LogP contribution in [0.2, 0.25) is 0 Å². The third-order valence-corrected chi connectivity index (χ3v) is 5.35. The second-order valence-corrected chi connectivity index (χ2v) is 7.97. The molecule has 120 valence electrons. The number of hydrogen-bond acceptors (Lipinski definition) is 6. The second kappa shape index (κ2) is 6.60. The number of ether oxygens (including phenoxy) is 1. The highest BCUT2D eigenvalue weighted by Gasteiger charge is 2.21. The molecule has 0 saturated carbocycles. The highest BCUT2D eigenvalue weighted by Crippen LogP contribution is 2.31. The van der Waals surface area contributed by atoms with Gasteiger partial charge in [-0.25, -0.2) is 21.6 Å². The minimum atomic E-state index is -3.84. The van der Waals surface area contributed by atoms with Crippen LogP contribution < -0.4 is 13.8 Å². The van der Waals surface area contributed by atoms with E-state index in [0.717, 1.165) is 10.6 Å². The summed E-state index contributed by atoms with van der Waals surface area (Å²) in [6.45, 7) is -0.475. The maximum Gasteiger partial charge on any atom is 0.240 e. The summed E-state index contributed by atoms with van der Waals surface area (Å²) in [5.74, 6) is 0.226. The maximum absolute atomic E-state index is 12.0. The van der Waals surface area contributed by atoms with E-state index in [1.165, 1.54) is 32.4 Å². The normalized spacial score (nSPS) is 12.2. The third kappa shape index (κ3) is 4.30. The first kappa shape index (κ1) is 17.7. The summed E-state index contributed by atoms with van der Waals surface area (Å²) in [7, 11) is -4.75. The van der Waals surface area contributed by atoms with Crippen molar-refractivity contribution >= 4 is 25.7 Å². The van der Waals surface area contributed by atoms with Gasteiger partial charge in [-0.3, -0.25) is 4.31 Å². The summed E-state index contributed by atoms with van der Waals surface area (Å²) in [6, 6.07) is 3.85. The van der Waals surface area contributed by atoms with Crippen LogP contribution in [-0.4, -0.2) is 55.5 Å².